The zero-order valence-electron chi connectivity index (χ0n) is 16.6. The predicted molar refractivity (Wildman–Crippen MR) is 108 cm³/mol. The minimum Gasteiger partial charge on any atom is -0.464 e. The molecular weight excluding hydrogens is 370 g/mol. The Balaban J connectivity index is 1.55. The van der Waals surface area contributed by atoms with Gasteiger partial charge < -0.3 is 18.7 Å². The first-order valence-corrected chi connectivity index (χ1v) is 9.66. The number of nitrogens with one attached hydrogen (secondary N) is 1. The summed E-state index contributed by atoms with van der Waals surface area (Å²) < 4.78 is 11.3. The van der Waals surface area contributed by atoms with Crippen LogP contribution in [0.4, 0.5) is 0 Å². The number of aryl methyl sites for hydroxylation is 3. The van der Waals surface area contributed by atoms with Crippen LogP contribution in [-0.4, -0.2) is 27.3 Å². The highest BCUT2D eigenvalue weighted by molar-refractivity contribution is 6.00. The molecule has 0 unspecified atom stereocenters. The van der Waals surface area contributed by atoms with Gasteiger partial charge in [-0.3, -0.25) is 4.79 Å². The minimum atomic E-state index is -0.465. The van der Waals surface area contributed by atoms with Gasteiger partial charge in [-0.05, 0) is 38.0 Å². The van der Waals surface area contributed by atoms with Gasteiger partial charge in [-0.2, -0.15) is 0 Å². The van der Waals surface area contributed by atoms with Crippen LogP contribution in [-0.2, 0) is 24.2 Å². The van der Waals surface area contributed by atoms with Crippen molar-refractivity contribution < 1.29 is 13.6 Å². The average Bonchev–Trinajstić information content (AvgIpc) is 3.32. The Labute approximate surface area is 166 Å². The summed E-state index contributed by atoms with van der Waals surface area (Å²) in [5.74, 6) is -0.0858. The number of amides is 1. The van der Waals surface area contributed by atoms with Crippen LogP contribution in [0.2, 0.25) is 0 Å². The monoisotopic (exact) mass is 391 g/mol. The number of hydrogen-bond donors (Lipinski definition) is 1. The standard InChI is InChI=1S/C22H21N3O4/c1-11-9-28-20-13(3)21-15(6-14(11)20)12(2)16(22(27)29-21)7-19(26)25-5-4-17-18(8-25)24-10-23-17/h6,9-10H,4-5,7-8H2,1-3H3,(H,23,24). The molecule has 4 aromatic rings. The van der Waals surface area contributed by atoms with Crippen molar-refractivity contribution in [1.82, 2.24) is 14.9 Å². The van der Waals surface area contributed by atoms with Crippen LogP contribution < -0.4 is 5.63 Å². The fraction of sp³-hybridized carbons (Fsp3) is 0.318. The van der Waals surface area contributed by atoms with E-state index in [9.17, 15) is 9.59 Å². The average molecular weight is 391 g/mol. The van der Waals surface area contributed by atoms with Crippen molar-refractivity contribution in [3.8, 4) is 0 Å². The molecule has 0 saturated carbocycles. The van der Waals surface area contributed by atoms with Gasteiger partial charge in [0.1, 0.15) is 11.2 Å². The van der Waals surface area contributed by atoms with Crippen molar-refractivity contribution in [2.45, 2.75) is 40.2 Å². The third-order valence-corrected chi connectivity index (χ3v) is 5.99. The summed E-state index contributed by atoms with van der Waals surface area (Å²) in [5, 5.41) is 1.84. The predicted octanol–water partition coefficient (Wildman–Crippen LogP) is 3.31. The van der Waals surface area contributed by atoms with Crippen LogP contribution in [0.15, 0.2) is 32.3 Å². The Morgan fingerprint density at radius 1 is 1.21 bits per heavy atom. The zero-order chi connectivity index (χ0) is 20.3. The number of fused-ring (bicyclic) bond motifs is 3. The van der Waals surface area contributed by atoms with E-state index < -0.39 is 5.63 Å². The Morgan fingerprint density at radius 3 is 2.86 bits per heavy atom. The van der Waals surface area contributed by atoms with E-state index in [2.05, 4.69) is 9.97 Å². The summed E-state index contributed by atoms with van der Waals surface area (Å²) in [4.78, 5) is 34.8. The van der Waals surface area contributed by atoms with Crippen LogP contribution >= 0.6 is 0 Å². The molecule has 0 spiro atoms. The van der Waals surface area contributed by atoms with E-state index in [0.717, 1.165) is 44.4 Å². The Kier molecular flexibility index (Phi) is 3.87. The van der Waals surface area contributed by atoms with Crippen LogP contribution in [0.25, 0.3) is 21.9 Å². The number of carbonyl (C=O) groups excluding carboxylic acids is 1. The second-order valence-corrected chi connectivity index (χ2v) is 7.74. The fourth-order valence-electron chi connectivity index (χ4n) is 4.21. The third-order valence-electron chi connectivity index (χ3n) is 5.99. The number of carbonyl (C=O) groups is 1. The number of aromatic nitrogens is 2. The molecule has 7 heteroatoms. The Morgan fingerprint density at radius 2 is 2.03 bits per heavy atom. The molecule has 0 radical (unpaired) electrons. The quantitative estimate of drug-likeness (QED) is 0.529. The van der Waals surface area contributed by atoms with Crippen molar-refractivity contribution in [2.75, 3.05) is 6.54 Å². The molecule has 0 atom stereocenters. The number of H-pyrrole nitrogens is 1. The summed E-state index contributed by atoms with van der Waals surface area (Å²) >= 11 is 0. The SMILES string of the molecule is Cc1coc2c(C)c3oc(=O)c(CC(=O)N4CCc5nc[nH]c5C4)c(C)c3cc12. The maximum absolute atomic E-state index is 12.9. The number of furan rings is 1. The minimum absolute atomic E-state index is 0.0228. The smallest absolute Gasteiger partial charge is 0.340 e. The number of benzene rings is 1. The second-order valence-electron chi connectivity index (χ2n) is 7.74. The maximum atomic E-state index is 12.9. The number of nitrogens with zero attached hydrogens (tertiary/aromatic N) is 2. The molecule has 148 valence electrons. The number of aromatic amines is 1. The largest absolute Gasteiger partial charge is 0.464 e. The molecule has 5 rings (SSSR count). The maximum Gasteiger partial charge on any atom is 0.340 e. The van der Waals surface area contributed by atoms with Crippen molar-refractivity contribution in [2.24, 2.45) is 0 Å². The molecule has 1 N–H and O–H groups in total. The molecule has 4 heterocycles. The van der Waals surface area contributed by atoms with Gasteiger partial charge in [-0.1, -0.05) is 0 Å². The van der Waals surface area contributed by atoms with Gasteiger partial charge in [0.2, 0.25) is 5.91 Å². The third kappa shape index (κ3) is 2.68. The van der Waals surface area contributed by atoms with Gasteiger partial charge in [0.25, 0.3) is 0 Å². The van der Waals surface area contributed by atoms with Crippen molar-refractivity contribution in [1.29, 1.82) is 0 Å². The van der Waals surface area contributed by atoms with Crippen LogP contribution in [0.5, 0.6) is 0 Å². The first-order chi connectivity index (χ1) is 13.9. The van der Waals surface area contributed by atoms with Gasteiger partial charge in [0.05, 0.1) is 42.5 Å². The Bertz CT molecular complexity index is 1340. The normalized spacial score (nSPS) is 14.0. The van der Waals surface area contributed by atoms with Gasteiger partial charge in [0.15, 0.2) is 0 Å². The number of imidazole rings is 1. The van der Waals surface area contributed by atoms with Crippen molar-refractivity contribution in [3.63, 3.8) is 0 Å². The van der Waals surface area contributed by atoms with E-state index in [-0.39, 0.29) is 12.3 Å². The lowest BCUT2D eigenvalue weighted by Gasteiger charge is -2.26. The molecule has 1 aliphatic heterocycles. The van der Waals surface area contributed by atoms with Gasteiger partial charge in [-0.15, -0.1) is 0 Å². The molecule has 1 aromatic carbocycles. The molecular formula is C22H21N3O4. The molecule has 1 amide bonds. The molecule has 0 bridgehead atoms. The summed E-state index contributed by atoms with van der Waals surface area (Å²) in [6.45, 7) is 6.83. The van der Waals surface area contributed by atoms with E-state index in [0.29, 0.717) is 30.7 Å². The molecule has 7 nitrogen and oxygen atoms in total. The van der Waals surface area contributed by atoms with Crippen LogP contribution in [0.1, 0.15) is 33.6 Å². The second kappa shape index (κ2) is 6.34. The van der Waals surface area contributed by atoms with Crippen LogP contribution in [0, 0.1) is 20.8 Å². The highest BCUT2D eigenvalue weighted by atomic mass is 16.4. The van der Waals surface area contributed by atoms with Gasteiger partial charge in [0, 0.05) is 29.3 Å². The fourth-order valence-corrected chi connectivity index (χ4v) is 4.21. The van der Waals surface area contributed by atoms with E-state index >= 15 is 0 Å². The summed E-state index contributed by atoms with van der Waals surface area (Å²) in [6.07, 6.45) is 4.10. The van der Waals surface area contributed by atoms with E-state index in [1.54, 1.807) is 17.5 Å². The van der Waals surface area contributed by atoms with Gasteiger partial charge >= 0.3 is 5.63 Å². The summed E-state index contributed by atoms with van der Waals surface area (Å²) in [7, 11) is 0. The molecule has 0 aliphatic carbocycles. The van der Waals surface area contributed by atoms with Crippen molar-refractivity contribution in [3.05, 3.63) is 62.7 Å². The van der Waals surface area contributed by atoms with Crippen molar-refractivity contribution >= 4 is 27.8 Å². The first kappa shape index (κ1) is 17.7. The lowest BCUT2D eigenvalue weighted by Crippen LogP contribution is -2.37. The van der Waals surface area contributed by atoms with Crippen LogP contribution in [0.3, 0.4) is 0 Å². The molecule has 3 aromatic heterocycles. The topological polar surface area (TPSA) is 92.3 Å². The first-order valence-electron chi connectivity index (χ1n) is 9.66. The molecule has 0 saturated heterocycles. The summed E-state index contributed by atoms with van der Waals surface area (Å²) in [5.41, 5.74) is 5.77. The van der Waals surface area contributed by atoms with E-state index in [1.165, 1.54) is 0 Å². The molecule has 29 heavy (non-hydrogen) atoms. The lowest BCUT2D eigenvalue weighted by molar-refractivity contribution is -0.131. The number of rotatable bonds is 2. The Hall–Kier alpha value is -3.35. The van der Waals surface area contributed by atoms with E-state index in [1.807, 2.05) is 26.8 Å². The number of hydrogen-bond acceptors (Lipinski definition) is 5. The molecule has 1 aliphatic rings. The lowest BCUT2D eigenvalue weighted by atomic mass is 9.98. The highest BCUT2D eigenvalue weighted by Crippen LogP contribution is 2.32. The highest BCUT2D eigenvalue weighted by Gasteiger charge is 2.25. The molecule has 0 fully saturated rings. The van der Waals surface area contributed by atoms with Gasteiger partial charge in [-0.25, -0.2) is 9.78 Å². The van der Waals surface area contributed by atoms with E-state index in [4.69, 9.17) is 8.83 Å². The zero-order valence-corrected chi connectivity index (χ0v) is 16.6. The summed E-state index contributed by atoms with van der Waals surface area (Å²) in [6, 6.07) is 1.99.